The second kappa shape index (κ2) is 7.88. The summed E-state index contributed by atoms with van der Waals surface area (Å²) in [6.45, 7) is 7.24. The van der Waals surface area contributed by atoms with Crippen molar-refractivity contribution in [1.29, 1.82) is 0 Å². The summed E-state index contributed by atoms with van der Waals surface area (Å²) < 4.78 is 1.60. The van der Waals surface area contributed by atoms with Gasteiger partial charge in [0.15, 0.2) is 0 Å². The van der Waals surface area contributed by atoms with Gasteiger partial charge >= 0.3 is 0 Å². The van der Waals surface area contributed by atoms with Crippen molar-refractivity contribution in [3.05, 3.63) is 78.0 Å². The molecular weight excluding hydrogens is 416 g/mol. The molecule has 4 aromatic rings. The number of rotatable bonds is 3. The highest BCUT2D eigenvalue weighted by molar-refractivity contribution is 5.98. The average molecular weight is 443 g/mol. The summed E-state index contributed by atoms with van der Waals surface area (Å²) in [5.41, 5.74) is 3.01. The fraction of sp³-hybridized carbons (Fsp3) is 0.280. The van der Waals surface area contributed by atoms with Crippen molar-refractivity contribution in [1.82, 2.24) is 29.5 Å². The maximum absolute atomic E-state index is 13.2. The Hall–Kier alpha value is -3.94. The van der Waals surface area contributed by atoms with Crippen LogP contribution >= 0.6 is 0 Å². The Kier molecular flexibility index (Phi) is 5.00. The normalized spacial score (nSPS) is 15.7. The molecule has 2 aromatic carbocycles. The van der Waals surface area contributed by atoms with Gasteiger partial charge in [-0.05, 0) is 57.2 Å². The number of aromatic amines is 1. The van der Waals surface area contributed by atoms with Gasteiger partial charge in [-0.15, -0.1) is 5.10 Å². The molecule has 0 saturated carbocycles. The molecule has 0 aliphatic carbocycles. The van der Waals surface area contributed by atoms with Gasteiger partial charge in [-0.2, -0.15) is 0 Å². The Bertz CT molecular complexity index is 1340. The number of carbonyl (C=O) groups is 2. The molecule has 8 nitrogen and oxygen atoms in total. The fourth-order valence-corrected chi connectivity index (χ4v) is 4.48. The zero-order valence-electron chi connectivity index (χ0n) is 18.9. The highest BCUT2D eigenvalue weighted by atomic mass is 16.2. The van der Waals surface area contributed by atoms with Crippen LogP contribution in [0.2, 0.25) is 0 Å². The van der Waals surface area contributed by atoms with E-state index in [0.29, 0.717) is 25.2 Å². The largest absolute Gasteiger partial charge is 0.359 e. The van der Waals surface area contributed by atoms with E-state index >= 15 is 0 Å². The number of piperazine rings is 1. The van der Waals surface area contributed by atoms with Crippen LogP contribution in [0, 0.1) is 6.92 Å². The van der Waals surface area contributed by atoms with Crippen molar-refractivity contribution in [3.63, 3.8) is 0 Å². The van der Waals surface area contributed by atoms with Crippen LogP contribution in [-0.4, -0.2) is 66.5 Å². The molecule has 33 heavy (non-hydrogen) atoms. The van der Waals surface area contributed by atoms with Crippen LogP contribution in [0.3, 0.4) is 0 Å². The van der Waals surface area contributed by atoms with E-state index in [4.69, 9.17) is 0 Å². The molecule has 2 aromatic heterocycles. The van der Waals surface area contributed by atoms with E-state index in [1.54, 1.807) is 15.9 Å². The lowest BCUT2D eigenvalue weighted by atomic mass is 9.97. The predicted molar refractivity (Wildman–Crippen MR) is 125 cm³/mol. The number of H-pyrrole nitrogens is 1. The third kappa shape index (κ3) is 3.88. The molecule has 0 unspecified atom stereocenters. The molecule has 168 valence electrons. The number of fused-ring (bicyclic) bond motifs is 1. The number of benzene rings is 2. The van der Waals surface area contributed by atoms with Crippen LogP contribution in [0.15, 0.2) is 60.9 Å². The number of aryl methyl sites for hydroxylation is 1. The van der Waals surface area contributed by atoms with Crippen molar-refractivity contribution in [2.24, 2.45) is 0 Å². The Morgan fingerprint density at radius 2 is 1.79 bits per heavy atom. The smallest absolute Gasteiger partial charge is 0.294 e. The molecule has 2 amide bonds. The zero-order chi connectivity index (χ0) is 23.2. The molecule has 3 heterocycles. The highest BCUT2D eigenvalue weighted by Gasteiger charge is 2.40. The first-order valence-electron chi connectivity index (χ1n) is 11.0. The van der Waals surface area contributed by atoms with Gasteiger partial charge < -0.3 is 14.8 Å². The molecule has 1 N–H and O–H groups in total. The molecule has 1 fully saturated rings. The van der Waals surface area contributed by atoms with Crippen LogP contribution in [-0.2, 0) is 0 Å². The van der Waals surface area contributed by atoms with E-state index in [2.05, 4.69) is 15.1 Å². The van der Waals surface area contributed by atoms with Crippen LogP contribution in [0.1, 0.15) is 40.5 Å². The van der Waals surface area contributed by atoms with Gasteiger partial charge in [0.25, 0.3) is 11.8 Å². The minimum Gasteiger partial charge on any atom is -0.359 e. The van der Waals surface area contributed by atoms with E-state index in [1.807, 2.05) is 80.3 Å². The maximum Gasteiger partial charge on any atom is 0.294 e. The number of nitrogens with zero attached hydrogens (tertiary/aromatic N) is 5. The number of aromatic nitrogens is 4. The van der Waals surface area contributed by atoms with Gasteiger partial charge in [-0.1, -0.05) is 18.2 Å². The first-order valence-corrected chi connectivity index (χ1v) is 11.0. The first kappa shape index (κ1) is 20.9. The van der Waals surface area contributed by atoms with Gasteiger partial charge in [0.1, 0.15) is 6.33 Å². The van der Waals surface area contributed by atoms with E-state index < -0.39 is 5.54 Å². The molecule has 0 bridgehead atoms. The van der Waals surface area contributed by atoms with Crippen LogP contribution in [0.4, 0.5) is 0 Å². The van der Waals surface area contributed by atoms with E-state index in [-0.39, 0.29) is 17.6 Å². The third-order valence-corrected chi connectivity index (χ3v) is 6.14. The van der Waals surface area contributed by atoms with E-state index in [9.17, 15) is 9.59 Å². The summed E-state index contributed by atoms with van der Waals surface area (Å²) in [6.07, 6.45) is 1.55. The third-order valence-electron chi connectivity index (χ3n) is 6.14. The van der Waals surface area contributed by atoms with E-state index in [0.717, 1.165) is 22.3 Å². The maximum atomic E-state index is 13.2. The monoisotopic (exact) mass is 442 g/mol. The lowest BCUT2D eigenvalue weighted by Crippen LogP contribution is -2.62. The fourth-order valence-electron chi connectivity index (χ4n) is 4.48. The van der Waals surface area contributed by atoms with Gasteiger partial charge in [0.2, 0.25) is 5.82 Å². The van der Waals surface area contributed by atoms with Crippen molar-refractivity contribution in [2.75, 3.05) is 19.6 Å². The number of hydrogen-bond donors (Lipinski definition) is 1. The van der Waals surface area contributed by atoms with Gasteiger partial charge in [0.05, 0.1) is 11.2 Å². The topological polar surface area (TPSA) is 87.1 Å². The highest BCUT2D eigenvalue weighted by Crippen LogP contribution is 2.25. The van der Waals surface area contributed by atoms with Crippen LogP contribution in [0.25, 0.3) is 16.6 Å². The predicted octanol–water partition coefficient (Wildman–Crippen LogP) is 3.43. The molecule has 0 spiro atoms. The average Bonchev–Trinajstić information content (AvgIpc) is 3.43. The zero-order valence-corrected chi connectivity index (χ0v) is 18.9. The summed E-state index contributed by atoms with van der Waals surface area (Å²) >= 11 is 0. The SMILES string of the molecule is Cc1cc2cc(C(=O)N3CCN(C(=O)c4ncn(-c5ccccc5)n4)C(C)(C)C3)ccc2[nH]1. The van der Waals surface area contributed by atoms with Gasteiger partial charge in [-0.25, -0.2) is 9.67 Å². The molecule has 1 aliphatic heterocycles. The summed E-state index contributed by atoms with van der Waals surface area (Å²) in [5, 5.41) is 5.40. The van der Waals surface area contributed by atoms with Crippen molar-refractivity contribution < 1.29 is 9.59 Å². The second-order valence-corrected chi connectivity index (χ2v) is 9.10. The molecule has 1 saturated heterocycles. The number of hydrogen-bond acceptors (Lipinski definition) is 4. The summed E-state index contributed by atoms with van der Waals surface area (Å²) in [5.74, 6) is -0.103. The summed E-state index contributed by atoms with van der Waals surface area (Å²) in [4.78, 5) is 37.6. The Morgan fingerprint density at radius 1 is 1.00 bits per heavy atom. The van der Waals surface area contributed by atoms with Crippen LogP contribution in [0.5, 0.6) is 0 Å². The number of para-hydroxylation sites is 1. The molecule has 1 aliphatic rings. The van der Waals surface area contributed by atoms with Gasteiger partial charge in [-0.3, -0.25) is 9.59 Å². The Morgan fingerprint density at radius 3 is 2.55 bits per heavy atom. The molecular formula is C25H26N6O2. The summed E-state index contributed by atoms with van der Waals surface area (Å²) in [7, 11) is 0. The number of amides is 2. The molecule has 0 radical (unpaired) electrons. The van der Waals surface area contributed by atoms with Gasteiger partial charge in [0, 0.05) is 41.8 Å². The Balaban J connectivity index is 1.32. The first-order chi connectivity index (χ1) is 15.8. The lowest BCUT2D eigenvalue weighted by Gasteiger charge is -2.46. The Labute approximate surface area is 191 Å². The number of carbonyl (C=O) groups excluding carboxylic acids is 2. The van der Waals surface area contributed by atoms with E-state index in [1.165, 1.54) is 0 Å². The standard InChI is InChI=1S/C25H26N6O2/c1-17-13-19-14-18(9-10-21(19)27-17)23(32)29-11-12-30(25(2,3)15-29)24(33)22-26-16-31(28-22)20-7-5-4-6-8-20/h4-10,13-14,16,27H,11-12,15H2,1-3H3. The minimum absolute atomic E-state index is 0.0255. The number of nitrogens with one attached hydrogen (secondary N) is 1. The summed E-state index contributed by atoms with van der Waals surface area (Å²) in [6, 6.07) is 17.3. The second-order valence-electron chi connectivity index (χ2n) is 9.10. The molecule has 5 rings (SSSR count). The quantitative estimate of drug-likeness (QED) is 0.527. The molecule has 0 atom stereocenters. The van der Waals surface area contributed by atoms with Crippen molar-refractivity contribution in [2.45, 2.75) is 26.3 Å². The minimum atomic E-state index is -0.558. The van der Waals surface area contributed by atoms with Crippen molar-refractivity contribution in [3.8, 4) is 5.69 Å². The molecule has 8 heteroatoms. The van der Waals surface area contributed by atoms with Crippen LogP contribution < -0.4 is 0 Å². The lowest BCUT2D eigenvalue weighted by molar-refractivity contribution is 0.0161. The van der Waals surface area contributed by atoms with Crippen molar-refractivity contribution >= 4 is 22.7 Å².